The summed E-state index contributed by atoms with van der Waals surface area (Å²) in [6.45, 7) is 0. The van der Waals surface area contributed by atoms with Crippen LogP contribution in [0.4, 0.5) is 0 Å². The van der Waals surface area contributed by atoms with Crippen LogP contribution in [-0.4, -0.2) is 5.78 Å². The molecule has 6 aliphatic carbocycles. The molecule has 0 unspecified atom stereocenters. The first-order valence-electron chi connectivity index (χ1n) is 9.82. The van der Waals surface area contributed by atoms with Crippen molar-refractivity contribution in [1.29, 1.82) is 0 Å². The zero-order valence-electron chi connectivity index (χ0n) is 13.1. The molecule has 0 heterocycles. The van der Waals surface area contributed by atoms with Crippen LogP contribution in [-0.2, 0) is 4.79 Å². The maximum absolute atomic E-state index is 13.4. The summed E-state index contributed by atoms with van der Waals surface area (Å²) in [5.41, 5.74) is 0.199. The highest BCUT2D eigenvalue weighted by atomic mass is 16.1. The smallest absolute Gasteiger partial charge is 0.139 e. The van der Waals surface area contributed by atoms with Crippen molar-refractivity contribution in [1.82, 2.24) is 0 Å². The van der Waals surface area contributed by atoms with Gasteiger partial charge in [0.1, 0.15) is 5.78 Å². The highest BCUT2D eigenvalue weighted by Gasteiger charge is 2.69. The molecule has 0 aromatic carbocycles. The Hall–Kier alpha value is -0.330. The van der Waals surface area contributed by atoms with Crippen molar-refractivity contribution in [2.45, 2.75) is 64.2 Å². The second-order valence-electron chi connectivity index (χ2n) is 9.59. The summed E-state index contributed by atoms with van der Waals surface area (Å²) in [5, 5.41) is 0. The highest BCUT2D eigenvalue weighted by Crippen LogP contribution is 2.73. The number of hydrogen-bond donors (Lipinski definition) is 0. The van der Waals surface area contributed by atoms with Gasteiger partial charge in [0, 0.05) is 11.8 Å². The van der Waals surface area contributed by atoms with Gasteiger partial charge in [0.15, 0.2) is 0 Å². The molecule has 0 bridgehead atoms. The minimum Gasteiger partial charge on any atom is -0.299 e. The average Bonchev–Trinajstić information content (AvgIpc) is 3.22. The van der Waals surface area contributed by atoms with E-state index >= 15 is 0 Å². The number of rotatable bonds is 0. The molecule has 0 radical (unpaired) electrons. The maximum Gasteiger partial charge on any atom is 0.139 e. The number of carbonyl (C=O) groups is 1. The topological polar surface area (TPSA) is 17.1 Å². The Kier molecular flexibility index (Phi) is 2.18. The van der Waals surface area contributed by atoms with Crippen molar-refractivity contribution < 1.29 is 4.79 Å². The SMILES string of the molecule is O=C1C[C@@H]2CC[C@@H]3CC[C@H]([C@H]32)[C@@]12C[C@@H]1CC[C@@H]3CC[C@H]2[C@H]31. The molecule has 21 heavy (non-hydrogen) atoms. The molecule has 1 heteroatoms. The Balaban J connectivity index is 1.47. The molecule has 0 saturated heterocycles. The zero-order valence-corrected chi connectivity index (χ0v) is 13.1. The van der Waals surface area contributed by atoms with Crippen molar-refractivity contribution in [3.8, 4) is 0 Å². The van der Waals surface area contributed by atoms with Gasteiger partial charge < -0.3 is 0 Å². The Morgan fingerprint density at radius 3 is 1.90 bits per heavy atom. The van der Waals surface area contributed by atoms with Crippen LogP contribution < -0.4 is 0 Å². The molecular formula is C20H28O. The number of ketones is 1. The molecule has 6 fully saturated rings. The highest BCUT2D eigenvalue weighted by molar-refractivity contribution is 5.87. The first-order valence-corrected chi connectivity index (χ1v) is 9.82. The molecule has 0 aromatic rings. The molecule has 0 N–H and O–H groups in total. The quantitative estimate of drug-likeness (QED) is 0.642. The van der Waals surface area contributed by atoms with Crippen LogP contribution in [0.25, 0.3) is 0 Å². The lowest BCUT2D eigenvalue weighted by Crippen LogP contribution is -2.50. The lowest BCUT2D eigenvalue weighted by atomic mass is 9.54. The number of carbonyl (C=O) groups excluding carboxylic acids is 1. The van der Waals surface area contributed by atoms with Crippen LogP contribution in [0.2, 0.25) is 0 Å². The van der Waals surface area contributed by atoms with E-state index in [1.54, 1.807) is 0 Å². The molecule has 6 aliphatic rings. The summed E-state index contributed by atoms with van der Waals surface area (Å²) >= 11 is 0. The minimum atomic E-state index is 0.199. The fraction of sp³-hybridized carbons (Fsp3) is 0.950. The Labute approximate surface area is 128 Å². The van der Waals surface area contributed by atoms with Crippen molar-refractivity contribution in [3.63, 3.8) is 0 Å². The van der Waals surface area contributed by atoms with Crippen LogP contribution in [0, 0.1) is 52.8 Å². The summed E-state index contributed by atoms with van der Waals surface area (Å²) in [5.74, 6) is 8.15. The zero-order chi connectivity index (χ0) is 13.8. The fourth-order valence-corrected chi connectivity index (χ4v) is 9.20. The van der Waals surface area contributed by atoms with Gasteiger partial charge in [0.2, 0.25) is 0 Å². The molecule has 1 spiro atoms. The van der Waals surface area contributed by atoms with E-state index in [2.05, 4.69) is 0 Å². The summed E-state index contributed by atoms with van der Waals surface area (Å²) in [6, 6.07) is 0. The second-order valence-corrected chi connectivity index (χ2v) is 9.59. The van der Waals surface area contributed by atoms with E-state index in [4.69, 9.17) is 0 Å². The van der Waals surface area contributed by atoms with Crippen LogP contribution in [0.5, 0.6) is 0 Å². The molecule has 114 valence electrons. The van der Waals surface area contributed by atoms with Crippen molar-refractivity contribution in [3.05, 3.63) is 0 Å². The molecular weight excluding hydrogens is 256 g/mol. The van der Waals surface area contributed by atoms with Crippen LogP contribution >= 0.6 is 0 Å². The van der Waals surface area contributed by atoms with E-state index in [0.717, 1.165) is 59.5 Å². The van der Waals surface area contributed by atoms with Crippen LogP contribution in [0.3, 0.4) is 0 Å². The summed E-state index contributed by atoms with van der Waals surface area (Å²) < 4.78 is 0. The normalized spacial score (nSPS) is 63.5. The first kappa shape index (κ1) is 12.1. The van der Waals surface area contributed by atoms with Gasteiger partial charge in [-0.3, -0.25) is 4.79 Å². The van der Waals surface area contributed by atoms with E-state index in [0.29, 0.717) is 0 Å². The van der Waals surface area contributed by atoms with Crippen molar-refractivity contribution in [2.24, 2.45) is 52.8 Å². The molecule has 0 aliphatic heterocycles. The van der Waals surface area contributed by atoms with Gasteiger partial charge in [0.05, 0.1) is 0 Å². The third kappa shape index (κ3) is 1.23. The van der Waals surface area contributed by atoms with E-state index in [9.17, 15) is 4.79 Å². The fourth-order valence-electron chi connectivity index (χ4n) is 9.20. The Bertz CT molecular complexity index is 510. The third-order valence-electron chi connectivity index (χ3n) is 9.51. The maximum atomic E-state index is 13.4. The number of Topliss-reactive ketones (excluding diaryl/α,β-unsaturated/α-hetero) is 1. The van der Waals surface area contributed by atoms with Crippen molar-refractivity contribution in [2.75, 3.05) is 0 Å². The minimum absolute atomic E-state index is 0.199. The van der Waals surface area contributed by atoms with Crippen LogP contribution in [0.15, 0.2) is 0 Å². The summed E-state index contributed by atoms with van der Waals surface area (Å²) in [4.78, 5) is 13.4. The van der Waals surface area contributed by atoms with Gasteiger partial charge in [-0.2, -0.15) is 0 Å². The Morgan fingerprint density at radius 2 is 1.19 bits per heavy atom. The molecule has 9 atom stereocenters. The molecule has 6 rings (SSSR count). The van der Waals surface area contributed by atoms with Gasteiger partial charge in [0.25, 0.3) is 0 Å². The van der Waals surface area contributed by atoms with E-state index < -0.39 is 0 Å². The predicted molar refractivity (Wildman–Crippen MR) is 81.5 cm³/mol. The second kappa shape index (κ2) is 3.77. The van der Waals surface area contributed by atoms with Gasteiger partial charge in [-0.15, -0.1) is 0 Å². The Morgan fingerprint density at radius 1 is 0.667 bits per heavy atom. The van der Waals surface area contributed by atoms with Crippen LogP contribution in [0.1, 0.15) is 64.2 Å². The molecule has 1 nitrogen and oxygen atoms in total. The number of fused-ring (bicyclic) bond motifs is 2. The third-order valence-corrected chi connectivity index (χ3v) is 9.51. The van der Waals surface area contributed by atoms with Gasteiger partial charge in [-0.25, -0.2) is 0 Å². The lowest BCUT2D eigenvalue weighted by molar-refractivity contribution is -0.144. The first-order chi connectivity index (χ1) is 10.3. The van der Waals surface area contributed by atoms with Gasteiger partial charge in [-0.1, -0.05) is 0 Å². The number of hydrogen-bond acceptors (Lipinski definition) is 1. The van der Waals surface area contributed by atoms with Gasteiger partial charge >= 0.3 is 0 Å². The predicted octanol–water partition coefficient (Wildman–Crippen LogP) is 4.45. The average molecular weight is 284 g/mol. The summed E-state index contributed by atoms with van der Waals surface area (Å²) in [7, 11) is 0. The monoisotopic (exact) mass is 284 g/mol. The largest absolute Gasteiger partial charge is 0.299 e. The van der Waals surface area contributed by atoms with Gasteiger partial charge in [-0.05, 0) is 105 Å². The lowest BCUT2D eigenvalue weighted by Gasteiger charge is -2.48. The molecule has 6 saturated carbocycles. The molecule has 0 aromatic heterocycles. The summed E-state index contributed by atoms with van der Waals surface area (Å²) in [6.07, 6.45) is 13.9. The van der Waals surface area contributed by atoms with E-state index in [-0.39, 0.29) is 5.41 Å². The standard InChI is InChI=1S/C20H28O/c21-17-9-13-3-1-11-5-7-15(18(11)13)20(17)10-14-4-2-12-6-8-16(20)19(12)14/h11-16,18-19H,1-10H2/t11-,12-,13+,14+,15-,16+,18-,19-,20-/m1/s1. The van der Waals surface area contributed by atoms with Crippen molar-refractivity contribution >= 4 is 5.78 Å². The van der Waals surface area contributed by atoms with E-state index in [1.165, 1.54) is 57.8 Å². The molecule has 0 amide bonds. The van der Waals surface area contributed by atoms with E-state index in [1.807, 2.05) is 0 Å².